The average molecular weight is 415 g/mol. The third-order valence-electron chi connectivity index (χ3n) is 5.48. The molecule has 3 N–H and O–H groups in total. The number of rotatable bonds is 11. The number of hydrogen-bond acceptors (Lipinski definition) is 5. The van der Waals surface area contributed by atoms with E-state index in [1.54, 1.807) is 0 Å². The summed E-state index contributed by atoms with van der Waals surface area (Å²) in [6.07, 6.45) is 7.96. The van der Waals surface area contributed by atoms with Crippen LogP contribution >= 0.6 is 0 Å². The van der Waals surface area contributed by atoms with Gasteiger partial charge in [-0.2, -0.15) is 0 Å². The minimum Gasteiger partial charge on any atom is -0.504 e. The molecule has 2 aromatic carbocycles. The number of esters is 1. The van der Waals surface area contributed by atoms with E-state index in [1.165, 1.54) is 25.3 Å². The number of benzene rings is 2. The molecular formula is C25H34O5. The monoisotopic (exact) mass is 414 g/mol. The van der Waals surface area contributed by atoms with E-state index in [9.17, 15) is 20.1 Å². The number of hydrogen-bond donors (Lipinski definition) is 3. The lowest BCUT2D eigenvalue weighted by Crippen LogP contribution is -2.09. The van der Waals surface area contributed by atoms with Gasteiger partial charge in [0, 0.05) is 5.56 Å². The van der Waals surface area contributed by atoms with Gasteiger partial charge in [-0.3, -0.25) is 0 Å². The van der Waals surface area contributed by atoms with Crippen LogP contribution in [0.2, 0.25) is 0 Å². The topological polar surface area (TPSA) is 87.0 Å². The Balaban J connectivity index is 2.32. The zero-order valence-corrected chi connectivity index (χ0v) is 18.3. The number of carbonyl (C=O) groups is 1. The van der Waals surface area contributed by atoms with Crippen LogP contribution in [0, 0.1) is 0 Å². The average Bonchev–Trinajstić information content (AvgIpc) is 2.75. The van der Waals surface area contributed by atoms with Crippen molar-refractivity contribution in [3.8, 4) is 28.4 Å². The molecule has 0 radical (unpaired) electrons. The second-order valence-electron chi connectivity index (χ2n) is 7.57. The zero-order valence-electron chi connectivity index (χ0n) is 18.3. The normalized spacial score (nSPS) is 10.9. The fourth-order valence-electron chi connectivity index (χ4n) is 3.82. The first-order chi connectivity index (χ1) is 14.5. The van der Waals surface area contributed by atoms with Crippen molar-refractivity contribution in [1.82, 2.24) is 0 Å². The fourth-order valence-corrected chi connectivity index (χ4v) is 3.82. The Labute approximate surface area is 179 Å². The first-order valence-corrected chi connectivity index (χ1v) is 11.0. The van der Waals surface area contributed by atoms with E-state index in [4.69, 9.17) is 4.74 Å². The van der Waals surface area contributed by atoms with E-state index in [0.29, 0.717) is 12.0 Å². The maximum absolute atomic E-state index is 12.8. The number of unbranched alkanes of at least 4 members (excludes halogenated alkanes) is 5. The molecule has 0 aliphatic carbocycles. The summed E-state index contributed by atoms with van der Waals surface area (Å²) in [4.78, 5) is 12.8. The van der Waals surface area contributed by atoms with Gasteiger partial charge in [0.2, 0.25) is 5.75 Å². The van der Waals surface area contributed by atoms with Crippen molar-refractivity contribution in [2.75, 3.05) is 6.61 Å². The van der Waals surface area contributed by atoms with Gasteiger partial charge in [-0.1, -0.05) is 71.1 Å². The van der Waals surface area contributed by atoms with Crippen molar-refractivity contribution >= 4 is 5.97 Å². The summed E-state index contributed by atoms with van der Waals surface area (Å²) in [6, 6.07) is 6.86. The summed E-state index contributed by atoms with van der Waals surface area (Å²) in [6.45, 7) is 6.50. The highest BCUT2D eigenvalue weighted by Crippen LogP contribution is 2.46. The van der Waals surface area contributed by atoms with E-state index in [0.717, 1.165) is 36.8 Å². The Morgan fingerprint density at radius 3 is 2.27 bits per heavy atom. The second-order valence-corrected chi connectivity index (χ2v) is 7.57. The molecule has 0 heterocycles. The van der Waals surface area contributed by atoms with Gasteiger partial charge in [0.15, 0.2) is 11.5 Å². The Hall–Kier alpha value is -2.69. The molecular weight excluding hydrogens is 380 g/mol. The van der Waals surface area contributed by atoms with Crippen LogP contribution in [0.3, 0.4) is 0 Å². The van der Waals surface area contributed by atoms with Crippen LogP contribution < -0.4 is 0 Å². The first-order valence-electron chi connectivity index (χ1n) is 11.0. The summed E-state index contributed by atoms with van der Waals surface area (Å²) in [7, 11) is 0. The lowest BCUT2D eigenvalue weighted by molar-refractivity contribution is 0.0497. The molecule has 0 unspecified atom stereocenters. The number of phenolic OH excluding ortho intramolecular Hbond substituents is 3. The fraction of sp³-hybridized carbons (Fsp3) is 0.480. The number of ether oxygens (including phenoxy) is 1. The van der Waals surface area contributed by atoms with E-state index in [-0.39, 0.29) is 17.7 Å². The van der Waals surface area contributed by atoms with Crippen molar-refractivity contribution in [3.63, 3.8) is 0 Å². The van der Waals surface area contributed by atoms with E-state index in [2.05, 4.69) is 6.92 Å². The molecule has 0 aromatic heterocycles. The largest absolute Gasteiger partial charge is 0.504 e. The molecule has 0 fully saturated rings. The third-order valence-corrected chi connectivity index (χ3v) is 5.48. The predicted octanol–water partition coefficient (Wildman–Crippen LogP) is 6.11. The van der Waals surface area contributed by atoms with Gasteiger partial charge >= 0.3 is 5.97 Å². The molecule has 30 heavy (non-hydrogen) atoms. The summed E-state index contributed by atoms with van der Waals surface area (Å²) in [5.41, 5.74) is 3.01. The summed E-state index contributed by atoms with van der Waals surface area (Å²) in [5.74, 6) is -2.31. The summed E-state index contributed by atoms with van der Waals surface area (Å²) in [5, 5.41) is 30.7. The van der Waals surface area contributed by atoms with Gasteiger partial charge < -0.3 is 20.1 Å². The molecule has 164 valence electrons. The zero-order chi connectivity index (χ0) is 22.1. The third kappa shape index (κ3) is 5.47. The molecule has 0 spiro atoms. The minimum absolute atomic E-state index is 0.0525. The Morgan fingerprint density at radius 1 is 0.900 bits per heavy atom. The van der Waals surface area contributed by atoms with E-state index < -0.39 is 23.2 Å². The summed E-state index contributed by atoms with van der Waals surface area (Å²) < 4.78 is 5.43. The van der Waals surface area contributed by atoms with Gasteiger partial charge in [-0.15, -0.1) is 0 Å². The lowest BCUT2D eigenvalue weighted by atomic mass is 9.89. The van der Waals surface area contributed by atoms with Gasteiger partial charge in [0.25, 0.3) is 0 Å². The Bertz CT molecular complexity index is 857. The molecule has 0 saturated carbocycles. The highest BCUT2D eigenvalue weighted by atomic mass is 16.5. The maximum atomic E-state index is 12.8. The van der Waals surface area contributed by atoms with Crippen molar-refractivity contribution in [3.05, 3.63) is 41.0 Å². The van der Waals surface area contributed by atoms with Crippen molar-refractivity contribution in [2.24, 2.45) is 0 Å². The SMILES string of the molecule is CCCCCCCCOC(=O)c1cc(O)c(O)c(O)c1-c1cccc(CC)c1CC. The lowest BCUT2D eigenvalue weighted by Gasteiger charge is -2.18. The Morgan fingerprint density at radius 2 is 1.60 bits per heavy atom. The first kappa shape index (κ1) is 23.6. The van der Waals surface area contributed by atoms with E-state index >= 15 is 0 Å². The van der Waals surface area contributed by atoms with Gasteiger partial charge in [0.1, 0.15) is 0 Å². The van der Waals surface area contributed by atoms with Crippen LogP contribution in [0.4, 0.5) is 0 Å². The van der Waals surface area contributed by atoms with Crippen LogP contribution in [0.5, 0.6) is 17.2 Å². The van der Waals surface area contributed by atoms with Gasteiger partial charge in [-0.25, -0.2) is 4.79 Å². The number of aromatic hydroxyl groups is 3. The highest BCUT2D eigenvalue weighted by Gasteiger charge is 2.25. The molecule has 0 bridgehead atoms. The van der Waals surface area contributed by atoms with Gasteiger partial charge in [-0.05, 0) is 42.0 Å². The van der Waals surface area contributed by atoms with Crippen LogP contribution in [0.25, 0.3) is 11.1 Å². The van der Waals surface area contributed by atoms with Gasteiger partial charge in [0.05, 0.1) is 12.2 Å². The van der Waals surface area contributed by atoms with Crippen LogP contribution in [-0.2, 0) is 17.6 Å². The quantitative estimate of drug-likeness (QED) is 0.234. The summed E-state index contributed by atoms with van der Waals surface area (Å²) >= 11 is 0. The predicted molar refractivity (Wildman–Crippen MR) is 119 cm³/mol. The number of carbonyl (C=O) groups excluding carboxylic acids is 1. The molecule has 2 rings (SSSR count). The van der Waals surface area contributed by atoms with Crippen molar-refractivity contribution in [1.29, 1.82) is 0 Å². The Kier molecular flexibility index (Phi) is 9.03. The van der Waals surface area contributed by atoms with Crippen molar-refractivity contribution < 1.29 is 24.9 Å². The molecule has 5 nitrogen and oxygen atoms in total. The molecule has 0 atom stereocenters. The molecule has 0 aliphatic heterocycles. The van der Waals surface area contributed by atoms with Crippen LogP contribution in [-0.4, -0.2) is 27.9 Å². The van der Waals surface area contributed by atoms with E-state index in [1.807, 2.05) is 32.0 Å². The molecule has 0 saturated heterocycles. The number of phenols is 3. The molecule has 5 heteroatoms. The standard InChI is InChI=1S/C25H34O5/c1-4-7-8-9-10-11-15-30-25(29)20-16-21(26)23(27)24(28)22(20)19-14-12-13-17(5-2)18(19)6-3/h12-14,16,26-28H,4-11,15H2,1-3H3. The molecule has 0 amide bonds. The van der Waals surface area contributed by atoms with Crippen LogP contribution in [0.1, 0.15) is 80.8 Å². The number of aryl methyl sites for hydroxylation is 1. The van der Waals surface area contributed by atoms with Crippen LogP contribution in [0.15, 0.2) is 24.3 Å². The molecule has 0 aliphatic rings. The van der Waals surface area contributed by atoms with Crippen molar-refractivity contribution in [2.45, 2.75) is 72.1 Å². The highest BCUT2D eigenvalue weighted by molar-refractivity contribution is 6.01. The maximum Gasteiger partial charge on any atom is 0.339 e. The minimum atomic E-state index is -0.638. The smallest absolute Gasteiger partial charge is 0.339 e. The molecule has 2 aromatic rings. The second kappa shape index (κ2) is 11.5.